The largest absolute Gasteiger partial charge is 0.326 e. The molecule has 0 aliphatic rings. The molecule has 0 bridgehead atoms. The number of carbonyl (C=O) groups excluding carboxylic acids is 2. The Morgan fingerprint density at radius 1 is 1.21 bits per heavy atom. The van der Waals surface area contributed by atoms with Gasteiger partial charge < -0.3 is 15.5 Å². The van der Waals surface area contributed by atoms with Gasteiger partial charge in [0.05, 0.1) is 5.54 Å². The van der Waals surface area contributed by atoms with Gasteiger partial charge in [0.1, 0.15) is 5.01 Å². The maximum absolute atomic E-state index is 12.2. The molecule has 0 unspecified atom stereocenters. The lowest BCUT2D eigenvalue weighted by molar-refractivity contribution is -0.116. The van der Waals surface area contributed by atoms with E-state index in [9.17, 15) is 9.59 Å². The number of thiazole rings is 1. The minimum Gasteiger partial charge on any atom is -0.326 e. The zero-order chi connectivity index (χ0) is 17.9. The van der Waals surface area contributed by atoms with E-state index in [1.807, 2.05) is 26.2 Å². The molecule has 0 aliphatic heterocycles. The molecule has 0 saturated carbocycles. The summed E-state index contributed by atoms with van der Waals surface area (Å²) >= 11 is 1.52. The van der Waals surface area contributed by atoms with Crippen molar-refractivity contribution in [2.75, 3.05) is 17.3 Å². The smallest absolute Gasteiger partial charge is 0.319 e. The summed E-state index contributed by atoms with van der Waals surface area (Å²) in [5.74, 6) is -0.0473. The number of hydrogen-bond acceptors (Lipinski definition) is 4. The van der Waals surface area contributed by atoms with E-state index >= 15 is 0 Å². The van der Waals surface area contributed by atoms with Crippen LogP contribution in [0.5, 0.6) is 0 Å². The second-order valence-electron chi connectivity index (χ2n) is 6.12. The summed E-state index contributed by atoms with van der Waals surface area (Å²) in [7, 11) is 1.70. The van der Waals surface area contributed by atoms with Crippen LogP contribution in [0.3, 0.4) is 0 Å². The number of carbonyl (C=O) groups is 2. The van der Waals surface area contributed by atoms with Crippen LogP contribution >= 0.6 is 11.3 Å². The molecule has 7 heteroatoms. The quantitative estimate of drug-likeness (QED) is 0.890. The van der Waals surface area contributed by atoms with Gasteiger partial charge in [-0.05, 0) is 45.0 Å². The third kappa shape index (κ3) is 4.32. The van der Waals surface area contributed by atoms with Crippen LogP contribution in [0, 0.1) is 6.92 Å². The molecule has 0 spiro atoms. The Morgan fingerprint density at radius 2 is 1.83 bits per heavy atom. The normalized spacial score (nSPS) is 11.0. The SMILES string of the molecule is CC(=O)N(C)c1ccc(NC(=O)NC(C)(C)c2nc(C)cs2)cc1. The standard InChI is InChI=1S/C17H22N4O2S/c1-11-10-24-15(18-11)17(3,4)20-16(23)19-13-6-8-14(9-7-13)21(5)12(2)22/h6-10H,1-5H3,(H2,19,20,23). The van der Waals surface area contributed by atoms with Gasteiger partial charge in [-0.3, -0.25) is 4.79 Å². The van der Waals surface area contributed by atoms with Crippen molar-refractivity contribution in [3.63, 3.8) is 0 Å². The van der Waals surface area contributed by atoms with E-state index in [1.54, 1.807) is 31.3 Å². The van der Waals surface area contributed by atoms with Crippen molar-refractivity contribution in [1.82, 2.24) is 10.3 Å². The van der Waals surface area contributed by atoms with E-state index in [4.69, 9.17) is 0 Å². The van der Waals surface area contributed by atoms with Crippen molar-refractivity contribution >= 4 is 34.6 Å². The molecule has 2 rings (SSSR count). The molecule has 3 amide bonds. The number of hydrogen-bond donors (Lipinski definition) is 2. The van der Waals surface area contributed by atoms with Gasteiger partial charge in [0.15, 0.2) is 0 Å². The fourth-order valence-electron chi connectivity index (χ4n) is 2.09. The number of nitrogens with zero attached hydrogens (tertiary/aromatic N) is 2. The van der Waals surface area contributed by atoms with Gasteiger partial charge in [-0.25, -0.2) is 9.78 Å². The van der Waals surface area contributed by atoms with Crippen LogP contribution in [0.1, 0.15) is 31.5 Å². The van der Waals surface area contributed by atoms with E-state index in [2.05, 4.69) is 15.6 Å². The lowest BCUT2D eigenvalue weighted by Crippen LogP contribution is -2.43. The van der Waals surface area contributed by atoms with Crippen molar-refractivity contribution in [2.45, 2.75) is 33.2 Å². The Morgan fingerprint density at radius 3 is 2.33 bits per heavy atom. The summed E-state index contributed by atoms with van der Waals surface area (Å²) in [5.41, 5.74) is 1.81. The first-order valence-corrected chi connectivity index (χ1v) is 8.43. The molecular weight excluding hydrogens is 324 g/mol. The Hall–Kier alpha value is -2.41. The predicted molar refractivity (Wildman–Crippen MR) is 97.6 cm³/mol. The third-order valence-corrected chi connectivity index (χ3v) is 4.85. The van der Waals surface area contributed by atoms with Crippen LogP contribution < -0.4 is 15.5 Å². The van der Waals surface area contributed by atoms with Crippen molar-refractivity contribution in [1.29, 1.82) is 0 Å². The molecule has 0 fully saturated rings. The molecule has 1 aromatic carbocycles. The summed E-state index contributed by atoms with van der Waals surface area (Å²) in [6, 6.07) is 6.78. The second kappa shape index (κ2) is 7.00. The van der Waals surface area contributed by atoms with Crippen molar-refractivity contribution < 1.29 is 9.59 Å². The first kappa shape index (κ1) is 17.9. The number of urea groups is 1. The average Bonchev–Trinajstić information content (AvgIpc) is 2.94. The number of amides is 3. The molecule has 0 radical (unpaired) electrons. The first-order chi connectivity index (χ1) is 11.2. The van der Waals surface area contributed by atoms with Crippen LogP contribution in [-0.4, -0.2) is 24.0 Å². The Balaban J connectivity index is 2.00. The Kier molecular flexibility index (Phi) is 5.23. The third-order valence-electron chi connectivity index (χ3n) is 3.56. The fraction of sp³-hybridized carbons (Fsp3) is 0.353. The molecule has 2 aromatic rings. The lowest BCUT2D eigenvalue weighted by Gasteiger charge is -2.24. The van der Waals surface area contributed by atoms with Crippen LogP contribution in [-0.2, 0) is 10.3 Å². The number of aryl methyl sites for hydroxylation is 1. The van der Waals surface area contributed by atoms with E-state index in [0.29, 0.717) is 5.69 Å². The summed E-state index contributed by atoms with van der Waals surface area (Å²) in [6.45, 7) is 7.25. The maximum Gasteiger partial charge on any atom is 0.319 e. The minimum atomic E-state index is -0.558. The maximum atomic E-state index is 12.2. The van der Waals surface area contributed by atoms with Crippen LogP contribution in [0.25, 0.3) is 0 Å². The summed E-state index contributed by atoms with van der Waals surface area (Å²) in [5, 5.41) is 8.53. The summed E-state index contributed by atoms with van der Waals surface area (Å²) in [4.78, 5) is 29.5. The highest BCUT2D eigenvalue weighted by Gasteiger charge is 2.26. The van der Waals surface area contributed by atoms with Crippen molar-refractivity contribution in [3.05, 3.63) is 40.3 Å². The lowest BCUT2D eigenvalue weighted by atomic mass is 10.1. The van der Waals surface area contributed by atoms with E-state index < -0.39 is 5.54 Å². The van der Waals surface area contributed by atoms with Gasteiger partial charge in [0.2, 0.25) is 5.91 Å². The molecule has 1 heterocycles. The zero-order valence-electron chi connectivity index (χ0n) is 14.5. The number of nitrogens with one attached hydrogen (secondary N) is 2. The van der Waals surface area contributed by atoms with Gasteiger partial charge >= 0.3 is 6.03 Å². The molecule has 24 heavy (non-hydrogen) atoms. The number of aromatic nitrogens is 1. The molecule has 1 aromatic heterocycles. The predicted octanol–water partition coefficient (Wildman–Crippen LogP) is 3.49. The van der Waals surface area contributed by atoms with E-state index in [1.165, 1.54) is 23.2 Å². The molecule has 6 nitrogen and oxygen atoms in total. The topological polar surface area (TPSA) is 74.3 Å². The molecular formula is C17H22N4O2S. The van der Waals surface area contributed by atoms with Gasteiger partial charge in [-0.2, -0.15) is 0 Å². The summed E-state index contributed by atoms with van der Waals surface area (Å²) < 4.78 is 0. The highest BCUT2D eigenvalue weighted by Crippen LogP contribution is 2.24. The van der Waals surface area contributed by atoms with Gasteiger partial charge in [0, 0.05) is 36.4 Å². The second-order valence-corrected chi connectivity index (χ2v) is 6.98. The highest BCUT2D eigenvalue weighted by atomic mass is 32.1. The minimum absolute atomic E-state index is 0.0473. The van der Waals surface area contributed by atoms with E-state index in [-0.39, 0.29) is 11.9 Å². The molecule has 0 saturated heterocycles. The van der Waals surface area contributed by atoms with Crippen LogP contribution in [0.15, 0.2) is 29.6 Å². The van der Waals surface area contributed by atoms with Gasteiger partial charge in [0.25, 0.3) is 0 Å². The van der Waals surface area contributed by atoms with Crippen LogP contribution in [0.4, 0.5) is 16.2 Å². The Labute approximate surface area is 145 Å². The number of anilines is 2. The molecule has 2 N–H and O–H groups in total. The van der Waals surface area contributed by atoms with Crippen molar-refractivity contribution in [3.8, 4) is 0 Å². The highest BCUT2D eigenvalue weighted by molar-refractivity contribution is 7.09. The average molecular weight is 346 g/mol. The van der Waals surface area contributed by atoms with E-state index in [0.717, 1.165) is 16.4 Å². The summed E-state index contributed by atoms with van der Waals surface area (Å²) in [6.07, 6.45) is 0. The number of rotatable bonds is 4. The van der Waals surface area contributed by atoms with Gasteiger partial charge in [-0.15, -0.1) is 11.3 Å². The fourth-order valence-corrected chi connectivity index (χ4v) is 2.97. The van der Waals surface area contributed by atoms with Gasteiger partial charge in [-0.1, -0.05) is 0 Å². The molecule has 128 valence electrons. The van der Waals surface area contributed by atoms with Crippen molar-refractivity contribution in [2.24, 2.45) is 0 Å². The molecule has 0 aliphatic carbocycles. The number of benzene rings is 1. The van der Waals surface area contributed by atoms with Crippen LogP contribution in [0.2, 0.25) is 0 Å². The first-order valence-electron chi connectivity index (χ1n) is 7.55. The molecule has 0 atom stereocenters. The zero-order valence-corrected chi connectivity index (χ0v) is 15.3. The monoisotopic (exact) mass is 346 g/mol. The Bertz CT molecular complexity index is 737.